The highest BCUT2D eigenvalue weighted by atomic mass is 32.2. The molecule has 0 atom stereocenters. The number of benzene rings is 2. The lowest BCUT2D eigenvalue weighted by atomic mass is 10.2. The number of fused-ring (bicyclic) bond motifs is 1. The summed E-state index contributed by atoms with van der Waals surface area (Å²) in [6.07, 6.45) is 3.77. The summed E-state index contributed by atoms with van der Waals surface area (Å²) < 4.78 is 17.9. The Morgan fingerprint density at radius 3 is 2.56 bits per heavy atom. The van der Waals surface area contributed by atoms with Gasteiger partial charge in [0.25, 0.3) is 5.91 Å². The van der Waals surface area contributed by atoms with Crippen LogP contribution in [0.5, 0.6) is 17.2 Å². The zero-order valence-corrected chi connectivity index (χ0v) is 20.8. The molecule has 8 nitrogen and oxygen atoms in total. The second kappa shape index (κ2) is 10.2. The molecular formula is C27H24N4O4S. The molecule has 0 unspecified atom stereocenters. The number of hydrogen-bond acceptors (Lipinski definition) is 7. The fourth-order valence-electron chi connectivity index (χ4n) is 3.88. The Morgan fingerprint density at radius 2 is 1.81 bits per heavy atom. The van der Waals surface area contributed by atoms with Gasteiger partial charge < -0.3 is 19.5 Å². The molecule has 5 rings (SSSR count). The van der Waals surface area contributed by atoms with Gasteiger partial charge in [-0.25, -0.2) is 4.98 Å². The van der Waals surface area contributed by atoms with Crippen molar-refractivity contribution in [2.75, 3.05) is 21.3 Å². The van der Waals surface area contributed by atoms with Gasteiger partial charge in [0.2, 0.25) is 0 Å². The molecule has 0 bridgehead atoms. The molecule has 0 spiro atoms. The molecule has 0 aliphatic carbocycles. The topological polar surface area (TPSA) is 86.5 Å². The molecule has 1 N–H and O–H groups in total. The van der Waals surface area contributed by atoms with E-state index in [2.05, 4.69) is 10.3 Å². The molecule has 1 fully saturated rings. The number of amides is 1. The normalized spacial score (nSPS) is 15.5. The number of carbonyl (C=O) groups excluding carboxylic acids is 1. The standard InChI is InChI=1S/C27H24N4O4S/c1-33-19-10-8-18(9-11-19)25-29-20(21-6-4-5-13-31(21)25)15-24-26(32)30-27(36-24)28-16-17-7-12-22(34-2)23(14-17)35-3/h4-15H,16H2,1-3H3,(H,28,30,32)/b24-15-. The smallest absolute Gasteiger partial charge is 0.264 e. The molecule has 0 radical (unpaired) electrons. The first kappa shape index (κ1) is 23.5. The fourth-order valence-corrected chi connectivity index (χ4v) is 4.67. The highest BCUT2D eigenvalue weighted by molar-refractivity contribution is 8.18. The van der Waals surface area contributed by atoms with Gasteiger partial charge in [0, 0.05) is 11.8 Å². The highest BCUT2D eigenvalue weighted by Crippen LogP contribution is 2.31. The number of amidine groups is 1. The molecule has 1 aliphatic heterocycles. The van der Waals surface area contributed by atoms with E-state index in [0.29, 0.717) is 33.8 Å². The summed E-state index contributed by atoms with van der Waals surface area (Å²) in [4.78, 5) is 22.7. The number of hydrogen-bond donors (Lipinski definition) is 1. The maximum atomic E-state index is 12.7. The number of aromatic nitrogens is 2. The van der Waals surface area contributed by atoms with Crippen LogP contribution in [0.2, 0.25) is 0 Å². The Bertz CT molecular complexity index is 1490. The van der Waals surface area contributed by atoms with Crippen LogP contribution in [0, 0.1) is 0 Å². The van der Waals surface area contributed by atoms with Crippen molar-refractivity contribution in [2.45, 2.75) is 6.54 Å². The molecule has 1 saturated heterocycles. The lowest BCUT2D eigenvalue weighted by Gasteiger charge is -2.08. The average molecular weight is 501 g/mol. The van der Waals surface area contributed by atoms with Gasteiger partial charge in [-0.2, -0.15) is 0 Å². The van der Waals surface area contributed by atoms with Crippen LogP contribution in [0.4, 0.5) is 0 Å². The molecule has 2 aromatic carbocycles. The zero-order chi connectivity index (χ0) is 25.1. The van der Waals surface area contributed by atoms with Gasteiger partial charge in [0.1, 0.15) is 11.6 Å². The summed E-state index contributed by atoms with van der Waals surface area (Å²) in [5.41, 5.74) is 3.50. The number of imidazole rings is 1. The third-order valence-electron chi connectivity index (χ3n) is 5.70. The second-order valence-electron chi connectivity index (χ2n) is 7.88. The summed E-state index contributed by atoms with van der Waals surface area (Å²) in [6, 6.07) is 19.3. The average Bonchev–Trinajstić information content (AvgIpc) is 3.47. The Morgan fingerprint density at radius 1 is 1.00 bits per heavy atom. The Hall–Kier alpha value is -4.24. The van der Waals surface area contributed by atoms with E-state index >= 15 is 0 Å². The number of carbonyl (C=O) groups is 1. The largest absolute Gasteiger partial charge is 0.497 e. The zero-order valence-electron chi connectivity index (χ0n) is 20.0. The van der Waals surface area contributed by atoms with E-state index in [1.54, 1.807) is 27.4 Å². The number of methoxy groups -OCH3 is 3. The minimum atomic E-state index is -0.200. The minimum absolute atomic E-state index is 0.200. The highest BCUT2D eigenvalue weighted by Gasteiger charge is 2.25. The fraction of sp³-hybridized carbons (Fsp3) is 0.148. The van der Waals surface area contributed by atoms with Crippen molar-refractivity contribution in [2.24, 2.45) is 4.99 Å². The quantitative estimate of drug-likeness (QED) is 0.367. The van der Waals surface area contributed by atoms with E-state index in [9.17, 15) is 4.79 Å². The van der Waals surface area contributed by atoms with Crippen molar-refractivity contribution >= 4 is 34.4 Å². The van der Waals surface area contributed by atoms with Gasteiger partial charge in [0.15, 0.2) is 16.7 Å². The van der Waals surface area contributed by atoms with Crippen LogP contribution in [0.3, 0.4) is 0 Å². The molecular weight excluding hydrogens is 476 g/mol. The SMILES string of the molecule is COc1ccc(-c2nc(/C=C3\SC(=NCc4ccc(OC)c(OC)c4)NC3=O)c3ccccn23)cc1. The van der Waals surface area contributed by atoms with Gasteiger partial charge in [0.05, 0.1) is 44.0 Å². The molecule has 2 aromatic heterocycles. The maximum Gasteiger partial charge on any atom is 0.264 e. The molecule has 1 aliphatic rings. The Balaban J connectivity index is 1.41. The summed E-state index contributed by atoms with van der Waals surface area (Å²) >= 11 is 1.30. The van der Waals surface area contributed by atoms with E-state index < -0.39 is 0 Å². The van der Waals surface area contributed by atoms with Gasteiger partial charge in [-0.1, -0.05) is 12.1 Å². The first-order chi connectivity index (χ1) is 17.6. The van der Waals surface area contributed by atoms with Crippen LogP contribution in [-0.4, -0.2) is 41.8 Å². The third-order valence-corrected chi connectivity index (χ3v) is 6.64. The van der Waals surface area contributed by atoms with Crippen LogP contribution in [0.1, 0.15) is 11.3 Å². The maximum absolute atomic E-state index is 12.7. The van der Waals surface area contributed by atoms with E-state index in [0.717, 1.165) is 28.2 Å². The van der Waals surface area contributed by atoms with E-state index in [4.69, 9.17) is 19.2 Å². The van der Waals surface area contributed by atoms with E-state index in [1.165, 1.54) is 11.8 Å². The lowest BCUT2D eigenvalue weighted by Crippen LogP contribution is -2.19. The van der Waals surface area contributed by atoms with Crippen LogP contribution < -0.4 is 19.5 Å². The first-order valence-corrected chi connectivity index (χ1v) is 12.0. The molecule has 3 heterocycles. The first-order valence-electron chi connectivity index (χ1n) is 11.2. The lowest BCUT2D eigenvalue weighted by molar-refractivity contribution is -0.115. The summed E-state index contributed by atoms with van der Waals surface area (Å²) in [5, 5.41) is 3.39. The molecule has 4 aromatic rings. The van der Waals surface area contributed by atoms with Crippen molar-refractivity contribution in [3.8, 4) is 28.6 Å². The van der Waals surface area contributed by atoms with Crippen molar-refractivity contribution in [1.29, 1.82) is 0 Å². The van der Waals surface area contributed by atoms with E-state index in [1.807, 2.05) is 71.3 Å². The monoisotopic (exact) mass is 500 g/mol. The summed E-state index contributed by atoms with van der Waals surface area (Å²) in [6.45, 7) is 0.394. The molecule has 182 valence electrons. The number of rotatable bonds is 7. The van der Waals surface area contributed by atoms with Gasteiger partial charge in [-0.05, 0) is 71.9 Å². The van der Waals surface area contributed by atoms with E-state index in [-0.39, 0.29) is 5.91 Å². The Labute approximate surface area is 212 Å². The van der Waals surface area contributed by atoms with Crippen LogP contribution >= 0.6 is 11.8 Å². The second-order valence-corrected chi connectivity index (χ2v) is 8.91. The van der Waals surface area contributed by atoms with Crippen LogP contribution in [-0.2, 0) is 11.3 Å². The number of pyridine rings is 1. The van der Waals surface area contributed by atoms with Gasteiger partial charge in [-0.3, -0.25) is 14.2 Å². The van der Waals surface area contributed by atoms with Crippen LogP contribution in [0.15, 0.2) is 76.8 Å². The summed E-state index contributed by atoms with van der Waals surface area (Å²) in [7, 11) is 4.83. The molecule has 36 heavy (non-hydrogen) atoms. The predicted molar refractivity (Wildman–Crippen MR) is 142 cm³/mol. The minimum Gasteiger partial charge on any atom is -0.497 e. The van der Waals surface area contributed by atoms with Gasteiger partial charge >= 0.3 is 0 Å². The number of thioether (sulfide) groups is 1. The molecule has 1 amide bonds. The van der Waals surface area contributed by atoms with Crippen molar-refractivity contribution in [3.05, 3.63) is 83.0 Å². The Kier molecular flexibility index (Phi) is 6.64. The molecule has 9 heteroatoms. The number of aliphatic imine (C=N–C) groups is 1. The van der Waals surface area contributed by atoms with Crippen molar-refractivity contribution < 1.29 is 19.0 Å². The van der Waals surface area contributed by atoms with Crippen molar-refractivity contribution in [1.82, 2.24) is 14.7 Å². The number of nitrogens with zero attached hydrogens (tertiary/aromatic N) is 3. The number of nitrogens with one attached hydrogen (secondary N) is 1. The number of ether oxygens (including phenoxy) is 3. The third kappa shape index (κ3) is 4.65. The predicted octanol–water partition coefficient (Wildman–Crippen LogP) is 4.79. The van der Waals surface area contributed by atoms with Crippen molar-refractivity contribution in [3.63, 3.8) is 0 Å². The van der Waals surface area contributed by atoms with Crippen LogP contribution in [0.25, 0.3) is 23.0 Å². The summed E-state index contributed by atoms with van der Waals surface area (Å²) in [5.74, 6) is 2.66. The van der Waals surface area contributed by atoms with Gasteiger partial charge in [-0.15, -0.1) is 0 Å². The molecule has 0 saturated carbocycles.